The first kappa shape index (κ1) is 22.8. The first-order valence-electron chi connectivity index (χ1n) is 9.97. The molecule has 0 aliphatic carbocycles. The lowest BCUT2D eigenvalue weighted by molar-refractivity contribution is -0.122. The second-order valence-corrected chi connectivity index (χ2v) is 8.69. The molecule has 8 heteroatoms. The van der Waals surface area contributed by atoms with E-state index in [0.717, 1.165) is 16.0 Å². The number of urea groups is 1. The molecule has 0 radical (unpaired) electrons. The molecule has 166 valence electrons. The maximum absolute atomic E-state index is 13.0. The van der Waals surface area contributed by atoms with Gasteiger partial charge in [0.05, 0.1) is 10.2 Å². The normalized spacial score (nSPS) is 15.1. The van der Waals surface area contributed by atoms with Crippen LogP contribution in [0.15, 0.2) is 76.8 Å². The minimum atomic E-state index is -0.781. The molecule has 1 heterocycles. The third-order valence-corrected chi connectivity index (χ3v) is 5.80. The van der Waals surface area contributed by atoms with Crippen molar-refractivity contribution in [1.82, 2.24) is 5.32 Å². The van der Waals surface area contributed by atoms with Gasteiger partial charge in [-0.2, -0.15) is 0 Å². The Morgan fingerprint density at radius 1 is 1.03 bits per heavy atom. The van der Waals surface area contributed by atoms with Gasteiger partial charge in [-0.25, -0.2) is 9.69 Å². The maximum Gasteiger partial charge on any atom is 0.335 e. The van der Waals surface area contributed by atoms with Crippen LogP contribution in [0, 0.1) is 6.92 Å². The zero-order valence-corrected chi connectivity index (χ0v) is 19.8. The lowest BCUT2D eigenvalue weighted by atomic mass is 10.1. The van der Waals surface area contributed by atoms with Crippen molar-refractivity contribution in [1.29, 1.82) is 0 Å². The summed E-state index contributed by atoms with van der Waals surface area (Å²) >= 11 is 9.47. The monoisotopic (exact) mass is 524 g/mol. The standard InChI is InChI=1S/C25H18BrClN2O4/c1-15-5-8-19(9-6-15)29-24(31)20(23(30)28-25(29)32)12-16-7-10-22(21(26)13-16)33-14-17-3-2-4-18(27)11-17/h2-13H,14H2,1H3,(H,28,30,32)/b20-12+. The summed E-state index contributed by atoms with van der Waals surface area (Å²) in [4.78, 5) is 38.7. The first-order chi connectivity index (χ1) is 15.8. The van der Waals surface area contributed by atoms with Crippen LogP contribution >= 0.6 is 27.5 Å². The largest absolute Gasteiger partial charge is 0.488 e. The van der Waals surface area contributed by atoms with Gasteiger partial charge in [0.1, 0.15) is 17.9 Å². The maximum atomic E-state index is 13.0. The van der Waals surface area contributed by atoms with Crippen LogP contribution in [0.5, 0.6) is 5.75 Å². The van der Waals surface area contributed by atoms with E-state index in [0.29, 0.717) is 33.1 Å². The van der Waals surface area contributed by atoms with Gasteiger partial charge in [-0.3, -0.25) is 14.9 Å². The predicted molar refractivity (Wildman–Crippen MR) is 130 cm³/mol. The third-order valence-electron chi connectivity index (χ3n) is 4.94. The molecule has 1 aliphatic rings. The molecule has 0 saturated carbocycles. The topological polar surface area (TPSA) is 75.7 Å². The highest BCUT2D eigenvalue weighted by Gasteiger charge is 2.36. The summed E-state index contributed by atoms with van der Waals surface area (Å²) in [7, 11) is 0. The van der Waals surface area contributed by atoms with Crippen molar-refractivity contribution in [3.63, 3.8) is 0 Å². The van der Waals surface area contributed by atoms with E-state index in [4.69, 9.17) is 16.3 Å². The number of carbonyl (C=O) groups is 3. The Hall–Kier alpha value is -3.42. The third kappa shape index (κ3) is 5.16. The van der Waals surface area contributed by atoms with Crippen LogP contribution in [-0.2, 0) is 16.2 Å². The molecule has 0 spiro atoms. The fourth-order valence-corrected chi connectivity index (χ4v) is 3.99. The Morgan fingerprint density at radius 2 is 1.79 bits per heavy atom. The number of benzene rings is 3. The van der Waals surface area contributed by atoms with Crippen LogP contribution in [0.4, 0.5) is 10.5 Å². The Labute approximate surface area is 203 Å². The molecule has 33 heavy (non-hydrogen) atoms. The van der Waals surface area contributed by atoms with Crippen molar-refractivity contribution in [2.45, 2.75) is 13.5 Å². The highest BCUT2D eigenvalue weighted by Crippen LogP contribution is 2.29. The second kappa shape index (κ2) is 9.60. The number of ether oxygens (including phenoxy) is 1. The van der Waals surface area contributed by atoms with Gasteiger partial charge in [-0.1, -0.05) is 47.5 Å². The summed E-state index contributed by atoms with van der Waals surface area (Å²) in [6.07, 6.45) is 1.44. The van der Waals surface area contributed by atoms with E-state index >= 15 is 0 Å². The summed E-state index contributed by atoms with van der Waals surface area (Å²) in [6, 6.07) is 18.7. The number of nitrogens with one attached hydrogen (secondary N) is 1. The van der Waals surface area contributed by atoms with Crippen molar-refractivity contribution >= 4 is 57.1 Å². The highest BCUT2D eigenvalue weighted by molar-refractivity contribution is 9.10. The molecular weight excluding hydrogens is 508 g/mol. The average Bonchev–Trinajstić information content (AvgIpc) is 2.77. The Morgan fingerprint density at radius 3 is 2.48 bits per heavy atom. The molecule has 4 amide bonds. The van der Waals surface area contributed by atoms with Gasteiger partial charge >= 0.3 is 6.03 Å². The molecule has 0 atom stereocenters. The molecule has 0 aromatic heterocycles. The van der Waals surface area contributed by atoms with Crippen LogP contribution in [0.2, 0.25) is 5.02 Å². The molecule has 0 unspecified atom stereocenters. The van der Waals surface area contributed by atoms with Crippen molar-refractivity contribution in [3.8, 4) is 5.75 Å². The predicted octanol–water partition coefficient (Wildman–Crippen LogP) is 5.66. The van der Waals surface area contributed by atoms with Crippen LogP contribution in [0.3, 0.4) is 0 Å². The fraction of sp³-hybridized carbons (Fsp3) is 0.0800. The summed E-state index contributed by atoms with van der Waals surface area (Å²) < 4.78 is 6.49. The van der Waals surface area contributed by atoms with Crippen molar-refractivity contribution in [3.05, 3.63) is 98.5 Å². The van der Waals surface area contributed by atoms with Crippen LogP contribution in [-0.4, -0.2) is 17.8 Å². The molecule has 4 rings (SSSR count). The first-order valence-corrected chi connectivity index (χ1v) is 11.1. The molecule has 3 aromatic carbocycles. The number of imide groups is 2. The number of hydrogen-bond acceptors (Lipinski definition) is 4. The summed E-state index contributed by atoms with van der Waals surface area (Å²) in [5.74, 6) is -0.844. The summed E-state index contributed by atoms with van der Waals surface area (Å²) in [6.45, 7) is 2.23. The van der Waals surface area contributed by atoms with E-state index in [2.05, 4.69) is 21.2 Å². The van der Waals surface area contributed by atoms with Crippen LogP contribution < -0.4 is 15.0 Å². The molecule has 1 N–H and O–H groups in total. The molecule has 6 nitrogen and oxygen atoms in total. The molecule has 1 aliphatic heterocycles. The second-order valence-electron chi connectivity index (χ2n) is 7.40. The SMILES string of the molecule is Cc1ccc(N2C(=O)NC(=O)/C(=C\c3ccc(OCc4cccc(Cl)c4)c(Br)c3)C2=O)cc1. The zero-order valence-electron chi connectivity index (χ0n) is 17.5. The van der Waals surface area contributed by atoms with E-state index in [-0.39, 0.29) is 5.57 Å². The minimum Gasteiger partial charge on any atom is -0.488 e. The van der Waals surface area contributed by atoms with E-state index in [1.807, 2.05) is 25.1 Å². The Bertz CT molecular complexity index is 1290. The van der Waals surface area contributed by atoms with Gasteiger partial charge in [-0.15, -0.1) is 0 Å². The van der Waals surface area contributed by atoms with E-state index in [1.165, 1.54) is 6.08 Å². The van der Waals surface area contributed by atoms with Crippen molar-refractivity contribution < 1.29 is 19.1 Å². The quantitative estimate of drug-likeness (QED) is 0.345. The molecule has 0 bridgehead atoms. The van der Waals surface area contributed by atoms with Crippen LogP contribution in [0.25, 0.3) is 6.08 Å². The lowest BCUT2D eigenvalue weighted by Crippen LogP contribution is -2.54. The number of nitrogens with zero attached hydrogens (tertiary/aromatic N) is 1. The van der Waals surface area contributed by atoms with Gasteiger partial charge in [0.2, 0.25) is 0 Å². The number of hydrogen-bond donors (Lipinski definition) is 1. The Balaban J connectivity index is 1.56. The number of rotatable bonds is 5. The molecule has 1 fully saturated rings. The molecule has 1 saturated heterocycles. The van der Waals surface area contributed by atoms with E-state index < -0.39 is 17.8 Å². The van der Waals surface area contributed by atoms with Gasteiger partial charge in [0.15, 0.2) is 0 Å². The minimum absolute atomic E-state index is 0.144. The summed E-state index contributed by atoms with van der Waals surface area (Å²) in [5.41, 5.74) is 2.74. The number of barbiturate groups is 1. The highest BCUT2D eigenvalue weighted by atomic mass is 79.9. The van der Waals surface area contributed by atoms with Gasteiger partial charge in [-0.05, 0) is 76.5 Å². The average molecular weight is 526 g/mol. The van der Waals surface area contributed by atoms with Gasteiger partial charge < -0.3 is 4.74 Å². The van der Waals surface area contributed by atoms with Crippen LogP contribution in [0.1, 0.15) is 16.7 Å². The fourth-order valence-electron chi connectivity index (χ4n) is 3.26. The molecule has 3 aromatic rings. The van der Waals surface area contributed by atoms with E-state index in [1.54, 1.807) is 48.5 Å². The van der Waals surface area contributed by atoms with E-state index in [9.17, 15) is 14.4 Å². The lowest BCUT2D eigenvalue weighted by Gasteiger charge is -2.26. The number of halogens is 2. The zero-order chi connectivity index (χ0) is 23.5. The number of carbonyl (C=O) groups excluding carboxylic acids is 3. The van der Waals surface area contributed by atoms with Crippen molar-refractivity contribution in [2.75, 3.05) is 4.90 Å². The van der Waals surface area contributed by atoms with Gasteiger partial charge in [0, 0.05) is 5.02 Å². The number of anilines is 1. The number of amides is 4. The summed E-state index contributed by atoms with van der Waals surface area (Å²) in [5, 5.41) is 2.85. The number of aryl methyl sites for hydroxylation is 1. The van der Waals surface area contributed by atoms with Gasteiger partial charge in [0.25, 0.3) is 11.8 Å². The smallest absolute Gasteiger partial charge is 0.335 e. The Kier molecular flexibility index (Phi) is 6.62. The molecular formula is C25H18BrClN2O4. The van der Waals surface area contributed by atoms with Crippen molar-refractivity contribution in [2.24, 2.45) is 0 Å².